The molecule has 2 atom stereocenters. The smallest absolute Gasteiger partial charge is 0.108 e. The van der Waals surface area contributed by atoms with Gasteiger partial charge in [-0.3, -0.25) is 4.90 Å². The van der Waals surface area contributed by atoms with Gasteiger partial charge in [0, 0.05) is 50.4 Å². The molecule has 2 aromatic rings. The lowest BCUT2D eigenvalue weighted by molar-refractivity contribution is -0.0593. The average Bonchev–Trinajstić information content (AvgIpc) is 3.14. The molecule has 4 rings (SSSR count). The van der Waals surface area contributed by atoms with Crippen LogP contribution >= 0.6 is 0 Å². The molecular formula is C17H22N2O2. The van der Waals surface area contributed by atoms with Gasteiger partial charge in [-0.15, -0.1) is 0 Å². The van der Waals surface area contributed by atoms with Gasteiger partial charge in [0.2, 0.25) is 0 Å². The number of ether oxygens (including phenoxy) is 1. The van der Waals surface area contributed by atoms with Crippen LogP contribution in [0.1, 0.15) is 18.4 Å². The van der Waals surface area contributed by atoms with Crippen molar-refractivity contribution in [3.05, 3.63) is 36.0 Å². The zero-order chi connectivity index (χ0) is 14.4. The lowest BCUT2D eigenvalue weighted by Gasteiger charge is -2.25. The molecule has 2 saturated heterocycles. The van der Waals surface area contributed by atoms with E-state index in [1.54, 1.807) is 0 Å². The molecule has 0 unspecified atom stereocenters. The summed E-state index contributed by atoms with van der Waals surface area (Å²) in [7, 11) is 2.09. The third-order valence-electron chi connectivity index (χ3n) is 5.04. The summed E-state index contributed by atoms with van der Waals surface area (Å²) in [6.45, 7) is 3.23. The SMILES string of the molecule is Cn1cc(CN2C[C@H](O)[C@]3(CCCO3)C2)c2ccccc21. The fraction of sp³-hybridized carbons (Fsp3) is 0.529. The first-order chi connectivity index (χ1) is 10.2. The van der Waals surface area contributed by atoms with Gasteiger partial charge in [0.25, 0.3) is 0 Å². The van der Waals surface area contributed by atoms with Crippen LogP contribution < -0.4 is 0 Å². The van der Waals surface area contributed by atoms with Crippen molar-refractivity contribution in [3.8, 4) is 0 Å². The van der Waals surface area contributed by atoms with Crippen molar-refractivity contribution in [2.45, 2.75) is 31.1 Å². The number of rotatable bonds is 2. The minimum Gasteiger partial charge on any atom is -0.389 e. The van der Waals surface area contributed by atoms with Crippen LogP contribution in [-0.2, 0) is 18.3 Å². The molecule has 112 valence electrons. The number of likely N-dealkylation sites (tertiary alicyclic amines) is 1. The van der Waals surface area contributed by atoms with Crippen LogP contribution in [0.4, 0.5) is 0 Å². The third kappa shape index (κ3) is 2.09. The summed E-state index contributed by atoms with van der Waals surface area (Å²) in [5.74, 6) is 0. The van der Waals surface area contributed by atoms with E-state index in [0.717, 1.165) is 32.5 Å². The number of aliphatic hydroxyl groups is 1. The first-order valence-corrected chi connectivity index (χ1v) is 7.75. The molecule has 0 radical (unpaired) electrons. The van der Waals surface area contributed by atoms with Gasteiger partial charge in [-0.05, 0) is 24.5 Å². The molecule has 1 aromatic carbocycles. The maximum absolute atomic E-state index is 10.4. The molecule has 2 fully saturated rings. The van der Waals surface area contributed by atoms with E-state index in [4.69, 9.17) is 4.74 Å². The minimum atomic E-state index is -0.352. The molecule has 4 heteroatoms. The first kappa shape index (κ1) is 13.3. The van der Waals surface area contributed by atoms with E-state index in [-0.39, 0.29) is 11.7 Å². The molecule has 1 aromatic heterocycles. The lowest BCUT2D eigenvalue weighted by Crippen LogP contribution is -2.40. The van der Waals surface area contributed by atoms with Gasteiger partial charge < -0.3 is 14.4 Å². The molecule has 1 spiro atoms. The Hall–Kier alpha value is -1.36. The van der Waals surface area contributed by atoms with Crippen molar-refractivity contribution >= 4 is 10.9 Å². The second kappa shape index (κ2) is 4.83. The zero-order valence-corrected chi connectivity index (χ0v) is 12.5. The number of β-amino-alcohol motifs (C(OH)–C–C–N with tert-alkyl or cyclic N) is 1. The fourth-order valence-electron chi connectivity index (χ4n) is 3.98. The van der Waals surface area contributed by atoms with Crippen LogP contribution in [0.15, 0.2) is 30.5 Å². The molecular weight excluding hydrogens is 264 g/mol. The monoisotopic (exact) mass is 286 g/mol. The standard InChI is InChI=1S/C17H22N2O2/c1-18-9-13(14-5-2-3-6-15(14)18)10-19-11-16(20)17(12-19)7-4-8-21-17/h2-3,5-6,9,16,20H,4,7-8,10-12H2,1H3/t16-,17-/m0/s1. The molecule has 1 N–H and O–H groups in total. The fourth-order valence-corrected chi connectivity index (χ4v) is 3.98. The van der Waals surface area contributed by atoms with E-state index in [1.165, 1.54) is 16.5 Å². The summed E-state index contributed by atoms with van der Waals surface area (Å²) >= 11 is 0. The number of nitrogens with zero attached hydrogens (tertiary/aromatic N) is 2. The van der Waals surface area contributed by atoms with Crippen molar-refractivity contribution in [3.63, 3.8) is 0 Å². The Morgan fingerprint density at radius 3 is 3.05 bits per heavy atom. The summed E-state index contributed by atoms with van der Waals surface area (Å²) < 4.78 is 8.06. The number of hydrogen-bond donors (Lipinski definition) is 1. The highest BCUT2D eigenvalue weighted by molar-refractivity contribution is 5.83. The van der Waals surface area contributed by atoms with Gasteiger partial charge in [0.05, 0.1) is 6.10 Å². The summed E-state index contributed by atoms with van der Waals surface area (Å²) in [6, 6.07) is 8.50. The van der Waals surface area contributed by atoms with Crippen molar-refractivity contribution in [2.24, 2.45) is 7.05 Å². The van der Waals surface area contributed by atoms with Crippen molar-refractivity contribution in [2.75, 3.05) is 19.7 Å². The van der Waals surface area contributed by atoms with Gasteiger partial charge in [0.1, 0.15) is 5.60 Å². The number of benzene rings is 1. The van der Waals surface area contributed by atoms with Gasteiger partial charge in [-0.25, -0.2) is 0 Å². The topological polar surface area (TPSA) is 37.6 Å². The predicted octanol–water partition coefficient (Wildman–Crippen LogP) is 1.90. The van der Waals surface area contributed by atoms with Crippen LogP contribution in [-0.4, -0.2) is 46.0 Å². The van der Waals surface area contributed by atoms with Crippen molar-refractivity contribution in [1.29, 1.82) is 0 Å². The highest BCUT2D eigenvalue weighted by Crippen LogP contribution is 2.36. The predicted molar refractivity (Wildman–Crippen MR) is 82.1 cm³/mol. The number of aryl methyl sites for hydroxylation is 1. The zero-order valence-electron chi connectivity index (χ0n) is 12.5. The quantitative estimate of drug-likeness (QED) is 0.916. The van der Waals surface area contributed by atoms with E-state index in [9.17, 15) is 5.11 Å². The molecule has 3 heterocycles. The molecule has 4 nitrogen and oxygen atoms in total. The number of aliphatic hydroxyl groups excluding tert-OH is 1. The van der Waals surface area contributed by atoms with Crippen LogP contribution in [0.3, 0.4) is 0 Å². The van der Waals surface area contributed by atoms with E-state index in [0.29, 0.717) is 6.54 Å². The van der Waals surface area contributed by atoms with Crippen molar-refractivity contribution in [1.82, 2.24) is 9.47 Å². The number of para-hydroxylation sites is 1. The second-order valence-electron chi connectivity index (χ2n) is 6.48. The number of fused-ring (bicyclic) bond motifs is 1. The molecule has 21 heavy (non-hydrogen) atoms. The lowest BCUT2D eigenvalue weighted by atomic mass is 9.97. The maximum Gasteiger partial charge on any atom is 0.108 e. The molecule has 0 bridgehead atoms. The number of hydrogen-bond acceptors (Lipinski definition) is 3. The first-order valence-electron chi connectivity index (χ1n) is 7.75. The highest BCUT2D eigenvalue weighted by atomic mass is 16.5. The van der Waals surface area contributed by atoms with Crippen LogP contribution in [0, 0.1) is 0 Å². The van der Waals surface area contributed by atoms with Gasteiger partial charge in [-0.1, -0.05) is 18.2 Å². The molecule has 0 aliphatic carbocycles. The van der Waals surface area contributed by atoms with Gasteiger partial charge in [-0.2, -0.15) is 0 Å². The van der Waals surface area contributed by atoms with Crippen LogP contribution in [0.2, 0.25) is 0 Å². The Balaban J connectivity index is 1.59. The van der Waals surface area contributed by atoms with E-state index in [2.05, 4.69) is 47.0 Å². The minimum absolute atomic E-state index is 0.301. The molecule has 2 aliphatic rings. The van der Waals surface area contributed by atoms with E-state index in [1.807, 2.05) is 0 Å². The van der Waals surface area contributed by atoms with Crippen LogP contribution in [0.25, 0.3) is 10.9 Å². The molecule has 0 saturated carbocycles. The summed E-state index contributed by atoms with van der Waals surface area (Å²) in [5.41, 5.74) is 2.29. The Bertz CT molecular complexity index is 658. The summed E-state index contributed by atoms with van der Waals surface area (Å²) in [4.78, 5) is 2.33. The third-order valence-corrected chi connectivity index (χ3v) is 5.04. The summed E-state index contributed by atoms with van der Waals surface area (Å²) in [5, 5.41) is 11.7. The Morgan fingerprint density at radius 2 is 2.24 bits per heavy atom. The van der Waals surface area contributed by atoms with Gasteiger partial charge in [0.15, 0.2) is 0 Å². The Kier molecular flexibility index (Phi) is 3.06. The normalized spacial score (nSPS) is 29.9. The van der Waals surface area contributed by atoms with Crippen LogP contribution in [0.5, 0.6) is 0 Å². The van der Waals surface area contributed by atoms with E-state index >= 15 is 0 Å². The van der Waals surface area contributed by atoms with Gasteiger partial charge >= 0.3 is 0 Å². The largest absolute Gasteiger partial charge is 0.389 e. The summed E-state index contributed by atoms with van der Waals surface area (Å²) in [6.07, 6.45) is 3.91. The molecule has 2 aliphatic heterocycles. The van der Waals surface area contributed by atoms with E-state index < -0.39 is 0 Å². The molecule has 0 amide bonds. The Morgan fingerprint density at radius 1 is 1.38 bits per heavy atom. The van der Waals surface area contributed by atoms with Crippen molar-refractivity contribution < 1.29 is 9.84 Å². The second-order valence-corrected chi connectivity index (χ2v) is 6.48. The maximum atomic E-state index is 10.4. The highest BCUT2D eigenvalue weighted by Gasteiger charge is 2.48. The Labute approximate surface area is 124 Å². The number of aromatic nitrogens is 1. The average molecular weight is 286 g/mol.